The van der Waals surface area contributed by atoms with Gasteiger partial charge in [0, 0.05) is 21.2 Å². The van der Waals surface area contributed by atoms with E-state index in [9.17, 15) is 5.26 Å². The highest BCUT2D eigenvalue weighted by atomic mass is 35.5. The minimum Gasteiger partial charge on any atom is -0.192 e. The van der Waals surface area contributed by atoms with Gasteiger partial charge in [-0.1, -0.05) is 47.5 Å². The number of aromatic nitrogens is 4. The maximum atomic E-state index is 9.65. The molecular weight excluding hydrogens is 357 g/mol. The molecule has 7 heteroatoms. The molecule has 0 saturated carbocycles. The van der Waals surface area contributed by atoms with E-state index in [1.807, 2.05) is 30.3 Å². The number of halogens is 2. The molecule has 0 amide bonds. The topological polar surface area (TPSA) is 66.9 Å². The van der Waals surface area contributed by atoms with Gasteiger partial charge in [-0.15, -0.1) is 5.10 Å². The quantitative estimate of drug-likeness (QED) is 0.519. The monoisotopic (exact) mass is 365 g/mol. The summed E-state index contributed by atoms with van der Waals surface area (Å²) in [7, 11) is 0. The highest BCUT2D eigenvalue weighted by Gasteiger charge is 2.17. The van der Waals surface area contributed by atoms with Gasteiger partial charge in [0.1, 0.15) is 11.6 Å². The van der Waals surface area contributed by atoms with Gasteiger partial charge < -0.3 is 0 Å². The molecule has 0 aliphatic rings. The number of hydrogen-bond donors (Lipinski definition) is 0. The van der Waals surface area contributed by atoms with Crippen molar-refractivity contribution in [2.45, 2.75) is 0 Å². The zero-order valence-corrected chi connectivity index (χ0v) is 14.2. The van der Waals surface area contributed by atoms with Crippen molar-refractivity contribution in [2.24, 2.45) is 0 Å². The predicted molar refractivity (Wildman–Crippen MR) is 96.4 cm³/mol. The second-order valence-electron chi connectivity index (χ2n) is 5.36. The summed E-state index contributed by atoms with van der Waals surface area (Å²) in [4.78, 5) is 0. The fourth-order valence-electron chi connectivity index (χ4n) is 2.69. The van der Waals surface area contributed by atoms with Crippen LogP contribution in [-0.4, -0.2) is 20.0 Å². The number of benzene rings is 2. The predicted octanol–water partition coefficient (Wildman–Crippen LogP) is 4.64. The van der Waals surface area contributed by atoms with Crippen molar-refractivity contribution in [3.63, 3.8) is 0 Å². The lowest BCUT2D eigenvalue weighted by Gasteiger charge is -2.10. The van der Waals surface area contributed by atoms with Gasteiger partial charge in [0.25, 0.3) is 0 Å². The maximum absolute atomic E-state index is 9.65. The van der Waals surface area contributed by atoms with E-state index in [2.05, 4.69) is 21.6 Å². The molecule has 0 radical (unpaired) electrons. The van der Waals surface area contributed by atoms with Crippen LogP contribution < -0.4 is 0 Å². The highest BCUT2D eigenvalue weighted by Crippen LogP contribution is 2.32. The Balaban J connectivity index is 2.04. The lowest BCUT2D eigenvalue weighted by molar-refractivity contribution is 0.828. The zero-order chi connectivity index (χ0) is 17.4. The first kappa shape index (κ1) is 15.6. The minimum atomic E-state index is 0.403. The van der Waals surface area contributed by atoms with E-state index >= 15 is 0 Å². The summed E-state index contributed by atoms with van der Waals surface area (Å²) < 4.78 is 1.56. The number of nitriles is 1. The summed E-state index contributed by atoms with van der Waals surface area (Å²) in [5.74, 6) is 0. The molecule has 0 spiro atoms. The number of rotatable bonds is 2. The standard InChI is InChI=1S/C18H9Cl2N5/c19-13-5-1-11(2-6-13)15-9-17(12-3-7-14(20)8-4-12)25-18(16(15)10-21)22-23-24-25/h1-9H. The molecular formula is C18H9Cl2N5. The van der Waals surface area contributed by atoms with Crippen LogP contribution in [0.4, 0.5) is 0 Å². The van der Waals surface area contributed by atoms with Crippen molar-refractivity contribution < 1.29 is 0 Å². The summed E-state index contributed by atoms with van der Waals surface area (Å²) in [6.07, 6.45) is 0. The number of tetrazole rings is 1. The molecule has 0 unspecified atom stereocenters. The molecule has 0 N–H and O–H groups in total. The van der Waals surface area contributed by atoms with E-state index in [0.29, 0.717) is 21.3 Å². The molecule has 0 saturated heterocycles. The van der Waals surface area contributed by atoms with E-state index in [1.165, 1.54) is 0 Å². The molecule has 0 fully saturated rings. The fourth-order valence-corrected chi connectivity index (χ4v) is 2.94. The molecule has 120 valence electrons. The molecule has 4 aromatic rings. The third kappa shape index (κ3) is 2.72. The molecule has 0 aliphatic carbocycles. The Labute approximate surface area is 153 Å². The summed E-state index contributed by atoms with van der Waals surface area (Å²) in [5.41, 5.74) is 4.07. The van der Waals surface area contributed by atoms with Crippen LogP contribution in [0, 0.1) is 11.3 Å². The average Bonchev–Trinajstić information content (AvgIpc) is 3.11. The van der Waals surface area contributed by atoms with Crippen molar-refractivity contribution >= 4 is 28.8 Å². The van der Waals surface area contributed by atoms with Crippen LogP contribution in [-0.2, 0) is 0 Å². The van der Waals surface area contributed by atoms with Crippen LogP contribution in [0.15, 0.2) is 54.6 Å². The number of nitrogens with zero attached hydrogens (tertiary/aromatic N) is 5. The van der Waals surface area contributed by atoms with Gasteiger partial charge in [0.15, 0.2) is 5.65 Å². The molecule has 0 aliphatic heterocycles. The Bertz CT molecular complexity index is 1110. The van der Waals surface area contributed by atoms with Crippen molar-refractivity contribution in [1.29, 1.82) is 5.26 Å². The average molecular weight is 366 g/mol. The first-order valence-electron chi connectivity index (χ1n) is 7.34. The summed E-state index contributed by atoms with van der Waals surface area (Å²) in [6, 6.07) is 18.8. The van der Waals surface area contributed by atoms with Crippen molar-refractivity contribution in [3.8, 4) is 28.5 Å². The molecule has 4 rings (SSSR count). The fraction of sp³-hybridized carbons (Fsp3) is 0. The summed E-state index contributed by atoms with van der Waals surface area (Å²) in [6.45, 7) is 0. The van der Waals surface area contributed by atoms with Gasteiger partial charge >= 0.3 is 0 Å². The van der Waals surface area contributed by atoms with E-state index in [-0.39, 0.29) is 0 Å². The van der Waals surface area contributed by atoms with E-state index in [0.717, 1.165) is 22.4 Å². The molecule has 0 atom stereocenters. The van der Waals surface area contributed by atoms with Gasteiger partial charge in [-0.05, 0) is 46.3 Å². The van der Waals surface area contributed by atoms with Crippen molar-refractivity contribution in [3.05, 3.63) is 70.2 Å². The van der Waals surface area contributed by atoms with Gasteiger partial charge in [0.05, 0.1) is 5.69 Å². The Kier molecular flexibility index (Phi) is 3.85. The Morgan fingerprint density at radius 1 is 0.880 bits per heavy atom. The van der Waals surface area contributed by atoms with Gasteiger partial charge in [-0.2, -0.15) is 9.78 Å². The van der Waals surface area contributed by atoms with Gasteiger partial charge in [-0.3, -0.25) is 0 Å². The molecule has 25 heavy (non-hydrogen) atoms. The normalized spacial score (nSPS) is 10.8. The SMILES string of the molecule is N#Cc1c(-c2ccc(Cl)cc2)cc(-c2ccc(Cl)cc2)n2nnnc12. The van der Waals surface area contributed by atoms with Crippen LogP contribution in [0.3, 0.4) is 0 Å². The van der Waals surface area contributed by atoms with Crippen molar-refractivity contribution in [2.75, 3.05) is 0 Å². The molecule has 2 aromatic carbocycles. The minimum absolute atomic E-state index is 0.403. The Morgan fingerprint density at radius 2 is 1.48 bits per heavy atom. The number of fused-ring (bicyclic) bond motifs is 1. The van der Waals surface area contributed by atoms with Crippen LogP contribution in [0.5, 0.6) is 0 Å². The number of pyridine rings is 1. The zero-order valence-electron chi connectivity index (χ0n) is 12.7. The van der Waals surface area contributed by atoms with Crippen LogP contribution in [0.1, 0.15) is 5.56 Å². The second kappa shape index (κ2) is 6.17. The number of hydrogen-bond acceptors (Lipinski definition) is 4. The van der Waals surface area contributed by atoms with Crippen molar-refractivity contribution in [1.82, 2.24) is 20.0 Å². The lowest BCUT2D eigenvalue weighted by Crippen LogP contribution is -1.99. The second-order valence-corrected chi connectivity index (χ2v) is 6.23. The molecule has 5 nitrogen and oxygen atoms in total. The Morgan fingerprint density at radius 3 is 2.08 bits per heavy atom. The van der Waals surface area contributed by atoms with E-state index in [4.69, 9.17) is 23.2 Å². The van der Waals surface area contributed by atoms with Gasteiger partial charge in [-0.25, -0.2) is 0 Å². The maximum Gasteiger partial charge on any atom is 0.198 e. The molecule has 0 bridgehead atoms. The Hall–Kier alpha value is -2.94. The molecule has 2 aromatic heterocycles. The molecule has 2 heterocycles. The largest absolute Gasteiger partial charge is 0.198 e. The third-order valence-corrected chi connectivity index (χ3v) is 4.38. The first-order chi connectivity index (χ1) is 12.2. The summed E-state index contributed by atoms with van der Waals surface area (Å²) >= 11 is 12.0. The highest BCUT2D eigenvalue weighted by molar-refractivity contribution is 6.30. The summed E-state index contributed by atoms with van der Waals surface area (Å²) in [5, 5.41) is 22.7. The van der Waals surface area contributed by atoms with Crippen LogP contribution in [0.2, 0.25) is 10.0 Å². The van der Waals surface area contributed by atoms with E-state index in [1.54, 1.807) is 28.8 Å². The van der Waals surface area contributed by atoms with Gasteiger partial charge in [0.2, 0.25) is 0 Å². The first-order valence-corrected chi connectivity index (χ1v) is 8.10. The van der Waals surface area contributed by atoms with Crippen LogP contribution in [0.25, 0.3) is 28.0 Å². The smallest absolute Gasteiger partial charge is 0.192 e. The van der Waals surface area contributed by atoms with E-state index < -0.39 is 0 Å². The lowest BCUT2D eigenvalue weighted by atomic mass is 9.99. The third-order valence-electron chi connectivity index (χ3n) is 3.88. The van der Waals surface area contributed by atoms with Crippen LogP contribution >= 0.6 is 23.2 Å².